The van der Waals surface area contributed by atoms with Gasteiger partial charge in [0.05, 0.1) is 17.5 Å². The van der Waals surface area contributed by atoms with E-state index in [0.717, 1.165) is 45.3 Å². The van der Waals surface area contributed by atoms with E-state index < -0.39 is 11.5 Å². The van der Waals surface area contributed by atoms with Crippen LogP contribution in [0.4, 0.5) is 4.39 Å². The Morgan fingerprint density at radius 1 is 1.31 bits per heavy atom. The zero-order valence-electron chi connectivity index (χ0n) is 20.8. The van der Waals surface area contributed by atoms with Gasteiger partial charge in [-0.2, -0.15) is 0 Å². The van der Waals surface area contributed by atoms with Crippen molar-refractivity contribution in [2.45, 2.75) is 58.1 Å². The Labute approximate surface area is 210 Å². The molecule has 2 heterocycles. The van der Waals surface area contributed by atoms with E-state index in [1.165, 1.54) is 12.1 Å². The Morgan fingerprint density at radius 2 is 2.08 bits per heavy atom. The van der Waals surface area contributed by atoms with Crippen LogP contribution in [0, 0.1) is 11.7 Å². The standard InChI is InChI=1S/C29H32FN3O3/c1-4-25(35)33-11-10-19-16(15-33)6-5-7-20(19)26-22(30)12-17(13-24(31)34)28-27(26)21-9-8-18(29(2,3)36)14-23(21)32-28/h4-7,12,18,32,36H,1,8-11,13-15H2,2-3H3,(H2,31,34). The Morgan fingerprint density at radius 3 is 2.78 bits per heavy atom. The van der Waals surface area contributed by atoms with Crippen LogP contribution in [0.3, 0.4) is 0 Å². The number of carbonyl (C=O) groups excluding carboxylic acids is 2. The first-order valence-electron chi connectivity index (χ1n) is 12.5. The lowest BCUT2D eigenvalue weighted by molar-refractivity contribution is -0.126. The quantitative estimate of drug-likeness (QED) is 0.473. The first-order valence-corrected chi connectivity index (χ1v) is 12.5. The van der Waals surface area contributed by atoms with Crippen LogP contribution in [-0.2, 0) is 41.8 Å². The summed E-state index contributed by atoms with van der Waals surface area (Å²) in [5.74, 6) is -0.946. The number of nitrogens with one attached hydrogen (secondary N) is 1. The molecule has 0 fully saturated rings. The summed E-state index contributed by atoms with van der Waals surface area (Å²) in [6, 6.07) is 7.26. The van der Waals surface area contributed by atoms with Crippen molar-refractivity contribution >= 4 is 22.7 Å². The van der Waals surface area contributed by atoms with Crippen molar-refractivity contribution in [1.82, 2.24) is 9.88 Å². The molecule has 3 aromatic rings. The number of aromatic amines is 1. The molecule has 2 aliphatic rings. The highest BCUT2D eigenvalue weighted by atomic mass is 19.1. The molecule has 6 nitrogen and oxygen atoms in total. The van der Waals surface area contributed by atoms with E-state index in [4.69, 9.17) is 5.73 Å². The molecular weight excluding hydrogens is 457 g/mol. The van der Waals surface area contributed by atoms with E-state index in [2.05, 4.69) is 11.6 Å². The second-order valence-corrected chi connectivity index (χ2v) is 10.6. The van der Waals surface area contributed by atoms with Gasteiger partial charge in [-0.15, -0.1) is 0 Å². The fraction of sp³-hybridized carbons (Fsp3) is 0.379. The number of hydrogen-bond acceptors (Lipinski definition) is 3. The number of hydrogen-bond donors (Lipinski definition) is 3. The van der Waals surface area contributed by atoms with Gasteiger partial charge in [0.1, 0.15) is 5.82 Å². The summed E-state index contributed by atoms with van der Waals surface area (Å²) in [6.45, 7) is 8.24. The minimum atomic E-state index is -0.827. The number of carbonyl (C=O) groups is 2. The first kappa shape index (κ1) is 24.3. The van der Waals surface area contributed by atoms with Crippen molar-refractivity contribution in [2.24, 2.45) is 11.7 Å². The molecule has 1 unspecified atom stereocenters. The second kappa shape index (κ2) is 8.89. The lowest BCUT2D eigenvalue weighted by atomic mass is 9.77. The molecule has 0 spiro atoms. The zero-order chi connectivity index (χ0) is 25.8. The highest BCUT2D eigenvalue weighted by molar-refractivity contribution is 6.02. The first-order chi connectivity index (χ1) is 17.1. The molecule has 2 amide bonds. The van der Waals surface area contributed by atoms with Gasteiger partial charge < -0.3 is 20.7 Å². The van der Waals surface area contributed by atoms with E-state index in [-0.39, 0.29) is 24.1 Å². The van der Waals surface area contributed by atoms with Crippen molar-refractivity contribution < 1.29 is 19.1 Å². The van der Waals surface area contributed by atoms with Gasteiger partial charge >= 0.3 is 0 Å². The summed E-state index contributed by atoms with van der Waals surface area (Å²) < 4.78 is 16.0. The summed E-state index contributed by atoms with van der Waals surface area (Å²) in [4.78, 5) is 29.3. The Balaban J connectivity index is 1.71. The van der Waals surface area contributed by atoms with Gasteiger partial charge in [-0.1, -0.05) is 24.8 Å². The number of halogens is 1. The molecule has 4 N–H and O–H groups in total. The fourth-order valence-electron chi connectivity index (χ4n) is 6.00. The molecule has 0 radical (unpaired) electrons. The molecule has 1 atom stereocenters. The van der Waals surface area contributed by atoms with Gasteiger partial charge in [-0.25, -0.2) is 4.39 Å². The number of nitrogens with two attached hydrogens (primary N) is 1. The largest absolute Gasteiger partial charge is 0.390 e. The van der Waals surface area contributed by atoms with Gasteiger partial charge in [-0.05, 0) is 85.4 Å². The fourth-order valence-corrected chi connectivity index (χ4v) is 6.00. The maximum absolute atomic E-state index is 16.0. The molecule has 36 heavy (non-hydrogen) atoms. The van der Waals surface area contributed by atoms with Crippen molar-refractivity contribution in [3.05, 3.63) is 70.7 Å². The maximum atomic E-state index is 16.0. The summed E-state index contributed by atoms with van der Waals surface area (Å²) >= 11 is 0. The summed E-state index contributed by atoms with van der Waals surface area (Å²) in [6.07, 6.45) is 4.01. The predicted octanol–water partition coefficient (Wildman–Crippen LogP) is 3.95. The van der Waals surface area contributed by atoms with Crippen LogP contribution in [0.2, 0.25) is 0 Å². The average molecular weight is 490 g/mol. The topological polar surface area (TPSA) is 99.4 Å². The Kier molecular flexibility index (Phi) is 5.99. The molecule has 1 aromatic heterocycles. The van der Waals surface area contributed by atoms with Crippen molar-refractivity contribution in [2.75, 3.05) is 6.54 Å². The third-order valence-electron chi connectivity index (χ3n) is 7.88. The molecule has 188 valence electrons. The van der Waals surface area contributed by atoms with Crippen LogP contribution < -0.4 is 5.73 Å². The Hall–Kier alpha value is -3.45. The van der Waals surface area contributed by atoms with Crippen LogP contribution in [0.25, 0.3) is 22.0 Å². The number of aliphatic hydroxyl groups is 1. The minimum absolute atomic E-state index is 0.0620. The molecule has 0 saturated carbocycles. The highest BCUT2D eigenvalue weighted by Gasteiger charge is 2.34. The molecule has 1 aliphatic heterocycles. The molecule has 5 rings (SSSR count). The number of aromatic nitrogens is 1. The van der Waals surface area contributed by atoms with Crippen molar-refractivity contribution in [3.63, 3.8) is 0 Å². The number of benzene rings is 2. The number of aryl methyl sites for hydroxylation is 1. The average Bonchev–Trinajstić information content (AvgIpc) is 3.21. The second-order valence-electron chi connectivity index (χ2n) is 10.6. The lowest BCUT2D eigenvalue weighted by Gasteiger charge is -2.32. The molecule has 1 aliphatic carbocycles. The predicted molar refractivity (Wildman–Crippen MR) is 138 cm³/mol. The van der Waals surface area contributed by atoms with Gasteiger partial charge in [0.25, 0.3) is 0 Å². The lowest BCUT2D eigenvalue weighted by Crippen LogP contribution is -2.35. The van der Waals surface area contributed by atoms with Crippen LogP contribution >= 0.6 is 0 Å². The normalized spacial score (nSPS) is 17.6. The van der Waals surface area contributed by atoms with E-state index >= 15 is 4.39 Å². The molecular formula is C29H32FN3O3. The minimum Gasteiger partial charge on any atom is -0.390 e. The number of primary amides is 1. The highest BCUT2D eigenvalue weighted by Crippen LogP contribution is 2.44. The summed E-state index contributed by atoms with van der Waals surface area (Å²) in [5, 5.41) is 11.4. The van der Waals surface area contributed by atoms with Crippen LogP contribution in [0.1, 0.15) is 48.2 Å². The maximum Gasteiger partial charge on any atom is 0.246 e. The van der Waals surface area contributed by atoms with E-state index in [0.29, 0.717) is 43.5 Å². The van der Waals surface area contributed by atoms with Crippen LogP contribution in [0.5, 0.6) is 0 Å². The Bertz CT molecular complexity index is 1400. The SMILES string of the molecule is C=CC(=O)N1CCc2c(cccc2-c2c(F)cc(CC(N)=O)c3[nH]c4c(c23)CCC(C(C)(C)O)C4)C1. The van der Waals surface area contributed by atoms with E-state index in [1.807, 2.05) is 32.0 Å². The third kappa shape index (κ3) is 4.11. The molecule has 7 heteroatoms. The number of rotatable bonds is 5. The van der Waals surface area contributed by atoms with Gasteiger partial charge in [0.15, 0.2) is 0 Å². The van der Waals surface area contributed by atoms with Crippen LogP contribution in [-0.4, -0.2) is 39.0 Å². The molecule has 0 saturated heterocycles. The molecule has 0 bridgehead atoms. The van der Waals surface area contributed by atoms with Gasteiger partial charge in [0, 0.05) is 29.7 Å². The van der Waals surface area contributed by atoms with E-state index in [1.54, 1.807) is 4.90 Å². The third-order valence-corrected chi connectivity index (χ3v) is 7.88. The smallest absolute Gasteiger partial charge is 0.246 e. The zero-order valence-corrected chi connectivity index (χ0v) is 20.8. The van der Waals surface area contributed by atoms with Gasteiger partial charge in [-0.3, -0.25) is 9.59 Å². The van der Waals surface area contributed by atoms with Crippen LogP contribution in [0.15, 0.2) is 36.9 Å². The molecule has 2 aromatic carbocycles. The van der Waals surface area contributed by atoms with Crippen molar-refractivity contribution in [3.8, 4) is 11.1 Å². The number of fused-ring (bicyclic) bond motifs is 4. The number of amides is 2. The van der Waals surface area contributed by atoms with E-state index in [9.17, 15) is 14.7 Å². The van der Waals surface area contributed by atoms with Gasteiger partial charge in [0.2, 0.25) is 11.8 Å². The monoisotopic (exact) mass is 489 g/mol. The summed E-state index contributed by atoms with van der Waals surface area (Å²) in [7, 11) is 0. The van der Waals surface area contributed by atoms with Crippen molar-refractivity contribution in [1.29, 1.82) is 0 Å². The number of nitrogens with zero attached hydrogens (tertiary/aromatic N) is 1. The number of H-pyrrole nitrogens is 1. The summed E-state index contributed by atoms with van der Waals surface area (Å²) in [5.41, 5.74) is 11.4.